The summed E-state index contributed by atoms with van der Waals surface area (Å²) in [6, 6.07) is 9.93. The number of hydrogen-bond donors (Lipinski definition) is 0. The quantitative estimate of drug-likeness (QED) is 0.547. The van der Waals surface area contributed by atoms with Crippen molar-refractivity contribution in [2.24, 2.45) is 10.8 Å². The number of likely N-dealkylation sites (tertiary alicyclic amines) is 2. The number of Topliss-reactive ketones (excluding diaryl/α,β-unsaturated/α-hetero) is 3. The van der Waals surface area contributed by atoms with Crippen LogP contribution in [0, 0.1) is 10.8 Å². The molecule has 2 aliphatic heterocycles. The second-order valence-corrected chi connectivity index (χ2v) is 10.5. The van der Waals surface area contributed by atoms with Gasteiger partial charge in [0.05, 0.1) is 23.5 Å². The Hall–Kier alpha value is -2.81. The number of carbonyl (C=O) groups excluding carboxylic acids is 3. The van der Waals surface area contributed by atoms with Crippen LogP contribution in [-0.4, -0.2) is 89.3 Å². The zero-order chi connectivity index (χ0) is 26.1. The van der Waals surface area contributed by atoms with Crippen molar-refractivity contribution in [1.82, 2.24) is 24.7 Å². The number of fused-ring (bicyclic) bond motifs is 2. The summed E-state index contributed by atoms with van der Waals surface area (Å²) in [5, 5.41) is 0. The molecule has 0 saturated carbocycles. The largest absolute Gasteiger partial charge is 0.308 e. The van der Waals surface area contributed by atoms with Crippen molar-refractivity contribution in [3.05, 3.63) is 60.2 Å². The third kappa shape index (κ3) is 4.21. The molecule has 4 unspecified atom stereocenters. The van der Waals surface area contributed by atoms with E-state index in [1.807, 2.05) is 62.4 Å². The van der Waals surface area contributed by atoms with Gasteiger partial charge in [-0.15, -0.1) is 0 Å². The summed E-state index contributed by atoms with van der Waals surface area (Å²) < 4.78 is 0. The lowest BCUT2D eigenvalue weighted by atomic mass is 9.52. The molecule has 2 saturated heterocycles. The second kappa shape index (κ2) is 10.3. The summed E-state index contributed by atoms with van der Waals surface area (Å²) in [7, 11) is 5.96. The van der Waals surface area contributed by atoms with E-state index in [9.17, 15) is 14.4 Å². The molecule has 0 spiro atoms. The minimum Gasteiger partial charge on any atom is -0.308 e. The second-order valence-electron chi connectivity index (χ2n) is 10.5. The van der Waals surface area contributed by atoms with Crippen LogP contribution in [0.2, 0.25) is 0 Å². The SMILES string of the molecule is CC(=O)C12CCN(CCN(C)C)CCC(C(C)=O)(C1=O)C(c1ccccn1)N(C)C2c1ccccn1. The lowest BCUT2D eigenvalue weighted by Crippen LogP contribution is -2.68. The van der Waals surface area contributed by atoms with Crippen LogP contribution in [0.4, 0.5) is 0 Å². The zero-order valence-corrected chi connectivity index (χ0v) is 22.0. The molecule has 0 radical (unpaired) electrons. The minimum atomic E-state index is -1.39. The summed E-state index contributed by atoms with van der Waals surface area (Å²) in [6.45, 7) is 5.83. The summed E-state index contributed by atoms with van der Waals surface area (Å²) in [4.78, 5) is 57.9. The Morgan fingerprint density at radius 2 is 1.39 bits per heavy atom. The number of aromatic nitrogens is 2. The number of carbonyl (C=O) groups is 3. The fraction of sp³-hybridized carbons (Fsp3) is 0.536. The van der Waals surface area contributed by atoms with Crippen LogP contribution in [0.3, 0.4) is 0 Å². The van der Waals surface area contributed by atoms with Gasteiger partial charge >= 0.3 is 0 Å². The maximum atomic E-state index is 14.8. The molecule has 0 N–H and O–H groups in total. The summed E-state index contributed by atoms with van der Waals surface area (Å²) in [5.74, 6) is -0.698. The van der Waals surface area contributed by atoms with E-state index in [2.05, 4.69) is 19.8 Å². The van der Waals surface area contributed by atoms with Crippen molar-refractivity contribution in [1.29, 1.82) is 0 Å². The fourth-order valence-electron chi connectivity index (χ4n) is 6.39. The zero-order valence-electron chi connectivity index (χ0n) is 22.0. The van der Waals surface area contributed by atoms with Gasteiger partial charge in [0.25, 0.3) is 0 Å². The van der Waals surface area contributed by atoms with E-state index in [1.54, 1.807) is 12.4 Å². The van der Waals surface area contributed by atoms with Crippen molar-refractivity contribution in [3.8, 4) is 0 Å². The number of rotatable bonds is 7. The van der Waals surface area contributed by atoms with Crippen molar-refractivity contribution in [2.75, 3.05) is 47.3 Å². The Kier molecular flexibility index (Phi) is 7.50. The standard InChI is InChI=1S/C28H37N5O3/c1-20(34)27-12-16-33(19-18-31(3)4)17-13-28(21(2)35,26(27)36)25(23-11-7-9-15-30-23)32(5)24(27)22-10-6-8-14-29-22/h6-11,14-15,24-25H,12-13,16-19H2,1-5H3. The molecular weight excluding hydrogens is 454 g/mol. The van der Waals surface area contributed by atoms with Gasteiger partial charge in [-0.25, -0.2) is 0 Å². The van der Waals surface area contributed by atoms with Crippen molar-refractivity contribution < 1.29 is 14.4 Å². The first-order valence-electron chi connectivity index (χ1n) is 12.6. The number of likely N-dealkylation sites (N-methyl/N-ethyl adjacent to an activating group) is 1. The average Bonchev–Trinajstić information content (AvgIpc) is 2.85. The van der Waals surface area contributed by atoms with E-state index < -0.39 is 22.9 Å². The lowest BCUT2D eigenvalue weighted by Gasteiger charge is -2.58. The predicted molar refractivity (Wildman–Crippen MR) is 137 cm³/mol. The number of pyridine rings is 2. The van der Waals surface area contributed by atoms with E-state index in [0.29, 0.717) is 37.3 Å². The molecule has 8 heteroatoms. The maximum absolute atomic E-state index is 14.8. The summed E-state index contributed by atoms with van der Waals surface area (Å²) in [5.41, 5.74) is -1.47. The number of hydrogen-bond acceptors (Lipinski definition) is 8. The molecule has 2 aromatic heterocycles. The van der Waals surface area contributed by atoms with Gasteiger partial charge in [0.1, 0.15) is 22.4 Å². The first-order chi connectivity index (χ1) is 17.2. The highest BCUT2D eigenvalue weighted by molar-refractivity contribution is 6.18. The summed E-state index contributed by atoms with van der Waals surface area (Å²) >= 11 is 0. The lowest BCUT2D eigenvalue weighted by molar-refractivity contribution is -0.177. The van der Waals surface area contributed by atoms with Crippen molar-refractivity contribution in [2.45, 2.75) is 38.8 Å². The predicted octanol–water partition coefficient (Wildman–Crippen LogP) is 2.58. The molecule has 0 amide bonds. The van der Waals surface area contributed by atoms with Gasteiger partial charge in [0.15, 0.2) is 5.78 Å². The molecule has 4 rings (SSSR count). The third-order valence-electron chi connectivity index (χ3n) is 8.26. The highest BCUT2D eigenvalue weighted by Gasteiger charge is 2.69. The van der Waals surface area contributed by atoms with Crippen LogP contribution in [0.25, 0.3) is 0 Å². The van der Waals surface area contributed by atoms with E-state index in [0.717, 1.165) is 13.1 Å². The molecule has 0 aliphatic carbocycles. The van der Waals surface area contributed by atoms with Crippen LogP contribution in [0.5, 0.6) is 0 Å². The molecule has 4 atom stereocenters. The van der Waals surface area contributed by atoms with Crippen molar-refractivity contribution in [3.63, 3.8) is 0 Å². The fourth-order valence-corrected chi connectivity index (χ4v) is 6.39. The highest BCUT2D eigenvalue weighted by Crippen LogP contribution is 2.60. The van der Waals surface area contributed by atoms with Gasteiger partial charge in [-0.3, -0.25) is 29.3 Å². The molecule has 2 fully saturated rings. The Labute approximate surface area is 213 Å². The van der Waals surface area contributed by atoms with Gasteiger partial charge in [-0.2, -0.15) is 0 Å². The summed E-state index contributed by atoms with van der Waals surface area (Å²) in [6.07, 6.45) is 4.06. The molecule has 2 bridgehead atoms. The minimum absolute atomic E-state index is 0.213. The van der Waals surface area contributed by atoms with Gasteiger partial charge < -0.3 is 9.80 Å². The smallest absolute Gasteiger partial charge is 0.163 e. The van der Waals surface area contributed by atoms with E-state index in [4.69, 9.17) is 0 Å². The van der Waals surface area contributed by atoms with Crippen molar-refractivity contribution >= 4 is 17.3 Å². The van der Waals surface area contributed by atoms with Gasteiger partial charge in [0.2, 0.25) is 0 Å². The van der Waals surface area contributed by atoms with Crippen LogP contribution in [-0.2, 0) is 14.4 Å². The number of nitrogens with zero attached hydrogens (tertiary/aromatic N) is 5. The molecule has 4 heterocycles. The Balaban J connectivity index is 1.98. The normalized spacial score (nSPS) is 29.6. The topological polar surface area (TPSA) is 86.7 Å². The van der Waals surface area contributed by atoms with Gasteiger partial charge in [-0.05, 0) is 85.2 Å². The molecule has 8 nitrogen and oxygen atoms in total. The van der Waals surface area contributed by atoms with Crippen LogP contribution in [0.15, 0.2) is 48.8 Å². The molecule has 2 aliphatic rings. The van der Waals surface area contributed by atoms with E-state index >= 15 is 0 Å². The monoisotopic (exact) mass is 491 g/mol. The molecular formula is C28H37N5O3. The Morgan fingerprint density at radius 1 is 0.917 bits per heavy atom. The first kappa shape index (κ1) is 26.3. The molecule has 36 heavy (non-hydrogen) atoms. The molecule has 2 aromatic rings. The van der Waals surface area contributed by atoms with Crippen LogP contribution < -0.4 is 0 Å². The van der Waals surface area contributed by atoms with Gasteiger partial charge in [-0.1, -0.05) is 12.1 Å². The van der Waals surface area contributed by atoms with Crippen LogP contribution in [0.1, 0.15) is 50.2 Å². The van der Waals surface area contributed by atoms with E-state index in [1.165, 1.54) is 13.8 Å². The Morgan fingerprint density at radius 3 is 1.75 bits per heavy atom. The van der Waals surface area contributed by atoms with E-state index in [-0.39, 0.29) is 17.3 Å². The molecule has 0 aromatic carbocycles. The first-order valence-corrected chi connectivity index (χ1v) is 12.6. The highest BCUT2D eigenvalue weighted by atomic mass is 16.2. The van der Waals surface area contributed by atoms with Gasteiger partial charge in [0, 0.05) is 25.5 Å². The van der Waals surface area contributed by atoms with Crippen LogP contribution >= 0.6 is 0 Å². The Bertz CT molecular complexity index is 1030. The average molecular weight is 492 g/mol. The maximum Gasteiger partial charge on any atom is 0.163 e. The molecule has 192 valence electrons. The third-order valence-corrected chi connectivity index (χ3v) is 8.26. The number of piperidine rings is 1. The number of ketones is 3.